The fourth-order valence-electron chi connectivity index (χ4n) is 3.22. The Morgan fingerprint density at radius 1 is 1.16 bits per heavy atom. The van der Waals surface area contributed by atoms with Crippen molar-refractivity contribution in [1.29, 1.82) is 0 Å². The summed E-state index contributed by atoms with van der Waals surface area (Å²) in [6, 6.07) is 17.0. The molecule has 1 aliphatic rings. The number of hydrogen-bond donors (Lipinski definition) is 1. The first-order chi connectivity index (χ1) is 12.3. The fraction of sp³-hybridized carbons (Fsp3) is 0.278. The van der Waals surface area contributed by atoms with Crippen molar-refractivity contribution in [3.63, 3.8) is 0 Å². The second-order valence-corrected chi connectivity index (χ2v) is 6.82. The molecule has 4 rings (SSSR count). The van der Waals surface area contributed by atoms with Gasteiger partial charge >= 0.3 is 0 Å². The van der Waals surface area contributed by atoms with Crippen LogP contribution in [0.3, 0.4) is 0 Å². The fourth-order valence-corrected chi connectivity index (χ4v) is 3.63. The molecular formula is C18H19N5OS. The number of rotatable bonds is 4. The van der Waals surface area contributed by atoms with Crippen molar-refractivity contribution in [2.24, 2.45) is 0 Å². The smallest absolute Gasteiger partial charge is 0.243 e. The molecule has 0 amide bonds. The predicted octanol–water partition coefficient (Wildman–Crippen LogP) is 3.55. The van der Waals surface area contributed by atoms with Crippen molar-refractivity contribution >= 4 is 17.7 Å². The lowest BCUT2D eigenvalue weighted by Gasteiger charge is -2.31. The highest BCUT2D eigenvalue weighted by Crippen LogP contribution is 2.38. The number of aromatic nitrogens is 4. The molecule has 0 unspecified atom stereocenters. The number of anilines is 1. The minimum absolute atomic E-state index is 0.0957. The van der Waals surface area contributed by atoms with Crippen LogP contribution in [0.2, 0.25) is 0 Å². The topological polar surface area (TPSA) is 64.9 Å². The monoisotopic (exact) mass is 353 g/mol. The highest BCUT2D eigenvalue weighted by Gasteiger charge is 2.30. The van der Waals surface area contributed by atoms with Crippen LogP contribution in [-0.2, 0) is 0 Å². The van der Waals surface area contributed by atoms with Gasteiger partial charge in [-0.1, -0.05) is 29.4 Å². The van der Waals surface area contributed by atoms with Crippen LogP contribution in [0.5, 0.6) is 5.75 Å². The van der Waals surface area contributed by atoms with Crippen molar-refractivity contribution in [3.8, 4) is 5.75 Å². The van der Waals surface area contributed by atoms with E-state index in [1.807, 2.05) is 16.8 Å². The van der Waals surface area contributed by atoms with Gasteiger partial charge in [0.15, 0.2) is 0 Å². The van der Waals surface area contributed by atoms with Crippen LogP contribution in [0.1, 0.15) is 29.6 Å². The van der Waals surface area contributed by atoms with Crippen LogP contribution in [0.25, 0.3) is 0 Å². The maximum absolute atomic E-state index is 5.36. The normalized spacial score (nSPS) is 19.1. The van der Waals surface area contributed by atoms with Crippen LogP contribution >= 0.6 is 11.8 Å². The molecule has 2 aromatic carbocycles. The molecule has 0 spiro atoms. The predicted molar refractivity (Wildman–Crippen MR) is 98.2 cm³/mol. The highest BCUT2D eigenvalue weighted by molar-refractivity contribution is 7.98. The van der Waals surface area contributed by atoms with Crippen molar-refractivity contribution in [2.45, 2.75) is 23.4 Å². The minimum atomic E-state index is 0.0957. The molecule has 1 N–H and O–H groups in total. The van der Waals surface area contributed by atoms with Gasteiger partial charge in [0.05, 0.1) is 19.2 Å². The molecule has 0 aliphatic carbocycles. The van der Waals surface area contributed by atoms with Gasteiger partial charge in [0.25, 0.3) is 0 Å². The van der Waals surface area contributed by atoms with Crippen molar-refractivity contribution in [1.82, 2.24) is 20.2 Å². The first-order valence-corrected chi connectivity index (χ1v) is 9.33. The molecular weight excluding hydrogens is 334 g/mol. The van der Waals surface area contributed by atoms with Gasteiger partial charge in [0, 0.05) is 4.90 Å². The zero-order chi connectivity index (χ0) is 17.2. The van der Waals surface area contributed by atoms with E-state index in [-0.39, 0.29) is 12.1 Å². The van der Waals surface area contributed by atoms with E-state index in [1.165, 1.54) is 16.0 Å². The van der Waals surface area contributed by atoms with E-state index in [0.717, 1.165) is 12.2 Å². The molecule has 7 heteroatoms. The van der Waals surface area contributed by atoms with E-state index >= 15 is 0 Å². The summed E-state index contributed by atoms with van der Waals surface area (Å²) < 4.78 is 7.23. The van der Waals surface area contributed by atoms with Gasteiger partial charge in [0.1, 0.15) is 5.75 Å². The highest BCUT2D eigenvalue weighted by atomic mass is 32.2. The first kappa shape index (κ1) is 16.0. The molecule has 0 fully saturated rings. The van der Waals surface area contributed by atoms with Crippen LogP contribution in [-0.4, -0.2) is 33.6 Å². The summed E-state index contributed by atoms with van der Waals surface area (Å²) >= 11 is 1.74. The molecule has 128 valence electrons. The number of methoxy groups -OCH3 is 1. The Bertz CT molecular complexity index is 864. The quantitative estimate of drug-likeness (QED) is 0.724. The Kier molecular flexibility index (Phi) is 4.31. The van der Waals surface area contributed by atoms with Gasteiger partial charge in [-0.15, -0.1) is 11.8 Å². The summed E-state index contributed by atoms with van der Waals surface area (Å²) in [4.78, 5) is 1.25. The Labute approximate surface area is 150 Å². The second-order valence-electron chi connectivity index (χ2n) is 5.95. The molecule has 0 saturated heterocycles. The minimum Gasteiger partial charge on any atom is -0.497 e. The SMILES string of the molecule is COc1cccc([C@@H]2C[C@@H](c3ccc(SC)cc3)n3nnnc3N2)c1. The average Bonchev–Trinajstić information content (AvgIpc) is 3.16. The number of fused-ring (bicyclic) bond motifs is 1. The molecule has 2 atom stereocenters. The van der Waals surface area contributed by atoms with E-state index in [0.29, 0.717) is 5.95 Å². The molecule has 0 bridgehead atoms. The van der Waals surface area contributed by atoms with Gasteiger partial charge in [-0.25, -0.2) is 4.68 Å². The molecule has 2 heterocycles. The summed E-state index contributed by atoms with van der Waals surface area (Å²) in [7, 11) is 1.68. The summed E-state index contributed by atoms with van der Waals surface area (Å²) in [5.74, 6) is 1.54. The number of ether oxygens (including phenoxy) is 1. The average molecular weight is 353 g/mol. The van der Waals surface area contributed by atoms with Crippen molar-refractivity contribution in [3.05, 3.63) is 59.7 Å². The molecule has 3 aromatic rings. The number of hydrogen-bond acceptors (Lipinski definition) is 6. The summed E-state index contributed by atoms with van der Waals surface area (Å²) in [5.41, 5.74) is 2.38. The van der Waals surface area contributed by atoms with Gasteiger partial charge in [-0.05, 0) is 58.5 Å². The van der Waals surface area contributed by atoms with Crippen LogP contribution < -0.4 is 10.1 Å². The zero-order valence-electron chi connectivity index (χ0n) is 14.1. The standard InChI is InChI=1S/C18H19N5OS/c1-24-14-5-3-4-13(10-14)16-11-17(23-18(19-16)20-21-22-23)12-6-8-15(25-2)9-7-12/h3-10,16-17H,11H2,1-2H3,(H,19,20,22)/t16-,17-/m0/s1. The third-order valence-electron chi connectivity index (χ3n) is 4.55. The maximum atomic E-state index is 5.36. The molecule has 25 heavy (non-hydrogen) atoms. The van der Waals surface area contributed by atoms with Gasteiger partial charge in [-0.2, -0.15) is 0 Å². The summed E-state index contributed by atoms with van der Waals surface area (Å²) in [6.45, 7) is 0. The van der Waals surface area contributed by atoms with Crippen LogP contribution in [0.15, 0.2) is 53.4 Å². The summed E-state index contributed by atoms with van der Waals surface area (Å²) in [5, 5.41) is 15.6. The van der Waals surface area contributed by atoms with Gasteiger partial charge < -0.3 is 10.1 Å². The lowest BCUT2D eigenvalue weighted by Crippen LogP contribution is -2.28. The van der Waals surface area contributed by atoms with Crippen LogP contribution in [0.4, 0.5) is 5.95 Å². The zero-order valence-corrected chi connectivity index (χ0v) is 14.9. The largest absolute Gasteiger partial charge is 0.497 e. The van der Waals surface area contributed by atoms with Crippen molar-refractivity contribution < 1.29 is 4.74 Å². The summed E-state index contributed by atoms with van der Waals surface area (Å²) in [6.07, 6.45) is 2.95. The molecule has 1 aromatic heterocycles. The van der Waals surface area contributed by atoms with Crippen molar-refractivity contribution in [2.75, 3.05) is 18.7 Å². The lowest BCUT2D eigenvalue weighted by atomic mass is 9.93. The van der Waals surface area contributed by atoms with E-state index in [4.69, 9.17) is 4.74 Å². The first-order valence-electron chi connectivity index (χ1n) is 8.11. The number of nitrogens with zero attached hydrogens (tertiary/aromatic N) is 4. The molecule has 0 saturated carbocycles. The molecule has 6 nitrogen and oxygen atoms in total. The Morgan fingerprint density at radius 3 is 2.76 bits per heavy atom. The van der Waals surface area contributed by atoms with E-state index < -0.39 is 0 Å². The molecule has 1 aliphatic heterocycles. The Hall–Kier alpha value is -2.54. The number of nitrogens with one attached hydrogen (secondary N) is 1. The van der Waals surface area contributed by atoms with Gasteiger partial charge in [0.2, 0.25) is 5.95 Å². The number of benzene rings is 2. The van der Waals surface area contributed by atoms with Crippen LogP contribution in [0, 0.1) is 0 Å². The number of thioether (sulfide) groups is 1. The number of tetrazole rings is 1. The third-order valence-corrected chi connectivity index (χ3v) is 5.29. The van der Waals surface area contributed by atoms with E-state index in [1.54, 1.807) is 18.9 Å². The maximum Gasteiger partial charge on any atom is 0.243 e. The van der Waals surface area contributed by atoms with Gasteiger partial charge in [-0.3, -0.25) is 0 Å². The lowest BCUT2D eigenvalue weighted by molar-refractivity contribution is 0.408. The Balaban J connectivity index is 1.69. The Morgan fingerprint density at radius 2 is 2.00 bits per heavy atom. The third kappa shape index (κ3) is 3.07. The van der Waals surface area contributed by atoms with E-state index in [9.17, 15) is 0 Å². The van der Waals surface area contributed by atoms with E-state index in [2.05, 4.69) is 63.5 Å². The second kappa shape index (κ2) is 6.76. The molecule has 0 radical (unpaired) electrons.